The molecule has 0 fully saturated rings. The summed E-state index contributed by atoms with van der Waals surface area (Å²) in [5.41, 5.74) is 13.9. The van der Waals surface area contributed by atoms with Crippen LogP contribution in [0.2, 0.25) is 0 Å². The molecule has 5 heteroatoms. The largest absolute Gasteiger partial charge is 0.310 e. The van der Waals surface area contributed by atoms with Crippen molar-refractivity contribution in [1.29, 1.82) is 0 Å². The predicted molar refractivity (Wildman–Crippen MR) is 228 cm³/mol. The van der Waals surface area contributed by atoms with E-state index in [0.29, 0.717) is 16.4 Å². The Morgan fingerprint density at radius 1 is 0.340 bits per heavy atom. The summed E-state index contributed by atoms with van der Waals surface area (Å²) in [6.45, 7) is 0. The fourth-order valence-electron chi connectivity index (χ4n) is 8.24. The molecule has 2 nitrogen and oxygen atoms in total. The molecule has 0 saturated heterocycles. The first-order valence-electron chi connectivity index (χ1n) is 17.8. The molecule has 0 saturated carbocycles. The second-order valence-electron chi connectivity index (χ2n) is 13.6. The second kappa shape index (κ2) is 12.4. The van der Waals surface area contributed by atoms with Crippen LogP contribution in [0.25, 0.3) is 88.4 Å². The topological polar surface area (TPSA) is 9.86 Å². The lowest BCUT2D eigenvalue weighted by molar-refractivity contribution is 1.18. The number of benzene rings is 8. The van der Waals surface area contributed by atoms with E-state index >= 15 is 0 Å². The zero-order valence-electron chi connectivity index (χ0n) is 28.9. The minimum Gasteiger partial charge on any atom is -0.310 e. The molecule has 6 radical (unpaired) electrons. The first-order valence-corrected chi connectivity index (χ1v) is 17.8. The van der Waals surface area contributed by atoms with Gasteiger partial charge in [0.2, 0.25) is 0 Å². The Morgan fingerprint density at radius 3 is 1.64 bits per heavy atom. The zero-order valence-corrected chi connectivity index (χ0v) is 28.9. The van der Waals surface area contributed by atoms with E-state index in [1.165, 1.54) is 11.1 Å². The van der Waals surface area contributed by atoms with E-state index in [4.69, 9.17) is 23.5 Å². The molecule has 0 aliphatic heterocycles. The van der Waals surface area contributed by atoms with Crippen LogP contribution in [0.4, 0.5) is 0 Å². The van der Waals surface area contributed by atoms with Crippen molar-refractivity contribution in [3.8, 4) is 44.8 Å². The molecule has 0 N–H and O–H groups in total. The molecule has 0 spiro atoms. The molecule has 0 unspecified atom stereocenters. The number of aromatic nitrogens is 2. The Balaban J connectivity index is 1.23. The third-order valence-electron chi connectivity index (χ3n) is 10.6. The molecule has 0 amide bonds. The van der Waals surface area contributed by atoms with E-state index in [-0.39, 0.29) is 0 Å². The van der Waals surface area contributed by atoms with Crippen molar-refractivity contribution in [3.05, 3.63) is 176 Å². The first-order chi connectivity index (χ1) is 26.1. The number of hydrogen-bond acceptors (Lipinski definition) is 0. The summed E-state index contributed by atoms with van der Waals surface area (Å²) in [5.74, 6) is 0. The predicted octanol–water partition coefficient (Wildman–Crippen LogP) is 9.26. The molecule has 0 aliphatic carbocycles. The van der Waals surface area contributed by atoms with Gasteiger partial charge in [-0.25, -0.2) is 0 Å². The first kappa shape index (κ1) is 31.3. The molecule has 0 aliphatic rings. The maximum Gasteiger partial charge on any atom is 0.115 e. The van der Waals surface area contributed by atoms with Crippen LogP contribution in [-0.2, 0) is 0 Å². The van der Waals surface area contributed by atoms with Gasteiger partial charge in [0.15, 0.2) is 0 Å². The molecule has 2 heterocycles. The van der Waals surface area contributed by atoms with E-state index in [9.17, 15) is 0 Å². The highest BCUT2D eigenvalue weighted by molar-refractivity contribution is 6.60. The molecule has 0 atom stereocenters. The van der Waals surface area contributed by atoms with E-state index < -0.39 is 0 Å². The van der Waals surface area contributed by atoms with E-state index in [0.717, 1.165) is 77.2 Å². The van der Waals surface area contributed by atoms with Gasteiger partial charge < -0.3 is 9.13 Å². The average Bonchev–Trinajstić information content (AvgIpc) is 3.75. The smallest absolute Gasteiger partial charge is 0.115 e. The second-order valence-corrected chi connectivity index (χ2v) is 13.6. The Kier molecular flexibility index (Phi) is 7.30. The quantitative estimate of drug-likeness (QED) is 0.162. The summed E-state index contributed by atoms with van der Waals surface area (Å²) in [7, 11) is 21.6. The minimum atomic E-state index is 0.468. The van der Waals surface area contributed by atoms with Crippen molar-refractivity contribution in [3.63, 3.8) is 0 Å². The summed E-state index contributed by atoms with van der Waals surface area (Å²) in [6.07, 6.45) is 0. The number of fused-ring (bicyclic) bond motifs is 6. The van der Waals surface area contributed by atoms with Crippen LogP contribution in [0.5, 0.6) is 0 Å². The Morgan fingerprint density at radius 2 is 0.906 bits per heavy atom. The molecule has 2 aromatic heterocycles. The van der Waals surface area contributed by atoms with Crippen LogP contribution in [0.15, 0.2) is 176 Å². The monoisotopic (exact) mass is 666 g/mol. The highest BCUT2D eigenvalue weighted by Crippen LogP contribution is 2.39. The van der Waals surface area contributed by atoms with Gasteiger partial charge >= 0.3 is 0 Å². The lowest BCUT2D eigenvalue weighted by Gasteiger charge is -2.19. The van der Waals surface area contributed by atoms with Crippen LogP contribution >= 0.6 is 0 Å². The number of nitrogens with zero attached hydrogens (tertiary/aromatic N) is 2. The van der Waals surface area contributed by atoms with Crippen LogP contribution < -0.4 is 16.4 Å². The van der Waals surface area contributed by atoms with E-state index in [1.54, 1.807) is 0 Å². The van der Waals surface area contributed by atoms with Gasteiger partial charge in [-0.1, -0.05) is 144 Å². The average molecular weight is 666 g/mol. The molecule has 8 aromatic carbocycles. The van der Waals surface area contributed by atoms with Gasteiger partial charge in [0.05, 0.1) is 16.6 Å². The lowest BCUT2D eigenvalue weighted by atomic mass is 9.69. The zero-order chi connectivity index (χ0) is 35.6. The molecule has 0 bridgehead atoms. The minimum absolute atomic E-state index is 0.468. The summed E-state index contributed by atoms with van der Waals surface area (Å²) in [4.78, 5) is 0. The Bertz CT molecular complexity index is 3000. The van der Waals surface area contributed by atoms with Gasteiger partial charge in [-0.3, -0.25) is 0 Å². The summed E-state index contributed by atoms with van der Waals surface area (Å²) < 4.78 is 4.52. The van der Waals surface area contributed by atoms with Gasteiger partial charge in [-0.2, -0.15) is 0 Å². The van der Waals surface area contributed by atoms with Crippen LogP contribution in [0, 0.1) is 0 Å². The van der Waals surface area contributed by atoms with Crippen molar-refractivity contribution >= 4 is 83.5 Å². The SMILES string of the molecule is [B]c1c(-c2ccc3c(c2)c2ccccc2n3-c2ccc(-c3ccccc3)cc2)c([B])c2c3c(-c4ccccc4)cccc3n(-c3ccccc3)c2c1[B]. The van der Waals surface area contributed by atoms with E-state index in [1.807, 2.05) is 30.3 Å². The molecular weight excluding hydrogens is 637 g/mol. The van der Waals surface area contributed by atoms with E-state index in [2.05, 4.69) is 155 Å². The van der Waals surface area contributed by atoms with Gasteiger partial charge in [0.25, 0.3) is 0 Å². The molecular formula is C48H29B3N2. The highest BCUT2D eigenvalue weighted by atomic mass is 15.0. The van der Waals surface area contributed by atoms with Gasteiger partial charge in [-0.05, 0) is 81.9 Å². The molecule has 53 heavy (non-hydrogen) atoms. The fraction of sp³-hybridized carbons (Fsp3) is 0. The van der Waals surface area contributed by atoms with Gasteiger partial charge in [-0.15, -0.1) is 0 Å². The number of para-hydroxylation sites is 2. The third-order valence-corrected chi connectivity index (χ3v) is 10.6. The molecule has 10 aromatic rings. The maximum atomic E-state index is 7.39. The van der Waals surface area contributed by atoms with Gasteiger partial charge in [0, 0.05) is 38.4 Å². The summed E-state index contributed by atoms with van der Waals surface area (Å²) >= 11 is 0. The summed E-state index contributed by atoms with van der Waals surface area (Å²) in [6, 6.07) is 61.4. The Labute approximate surface area is 312 Å². The summed E-state index contributed by atoms with van der Waals surface area (Å²) in [5, 5.41) is 4.19. The maximum absolute atomic E-state index is 7.39. The molecule has 10 rings (SSSR count). The number of rotatable bonds is 5. The van der Waals surface area contributed by atoms with Crippen LogP contribution in [0.3, 0.4) is 0 Å². The van der Waals surface area contributed by atoms with Crippen molar-refractivity contribution < 1.29 is 0 Å². The molecule has 240 valence electrons. The van der Waals surface area contributed by atoms with Gasteiger partial charge in [0.1, 0.15) is 23.5 Å². The van der Waals surface area contributed by atoms with Crippen molar-refractivity contribution in [1.82, 2.24) is 9.13 Å². The fourth-order valence-corrected chi connectivity index (χ4v) is 8.24. The van der Waals surface area contributed by atoms with Crippen LogP contribution in [-0.4, -0.2) is 32.7 Å². The normalized spacial score (nSPS) is 11.6. The van der Waals surface area contributed by atoms with Crippen LogP contribution in [0.1, 0.15) is 0 Å². The lowest BCUT2D eigenvalue weighted by Crippen LogP contribution is -2.35. The van der Waals surface area contributed by atoms with Crippen molar-refractivity contribution in [2.75, 3.05) is 0 Å². The third kappa shape index (κ3) is 4.84. The van der Waals surface area contributed by atoms with Crippen molar-refractivity contribution in [2.24, 2.45) is 0 Å². The van der Waals surface area contributed by atoms with Crippen molar-refractivity contribution in [2.45, 2.75) is 0 Å². The Hall–Kier alpha value is -6.45. The number of hydrogen-bond donors (Lipinski definition) is 0. The standard InChI is InChI=1S/C48H29B3N2/c49-45-42(33-25-28-40-38(29-33)37-19-10-11-21-39(37)52(40)35-26-23-31(24-27-35)30-13-4-1-5-14-30)46(50)47(51)48-44(45)43-36(32-15-6-2-7-16-32)20-12-22-41(43)53(48)34-17-8-3-9-18-34/h1-29H. The highest BCUT2D eigenvalue weighted by Gasteiger charge is 2.23.